The van der Waals surface area contributed by atoms with Gasteiger partial charge in [-0.2, -0.15) is 10.2 Å². The molecule has 0 spiro atoms. The number of rotatable bonds is 4. The first-order chi connectivity index (χ1) is 12.3. The van der Waals surface area contributed by atoms with Crippen LogP contribution >= 0.6 is 0 Å². The van der Waals surface area contributed by atoms with Gasteiger partial charge in [0, 0.05) is 30.6 Å². The molecule has 3 aromatic rings. The molecule has 0 aliphatic heterocycles. The predicted octanol–water partition coefficient (Wildman–Crippen LogP) is 2.78. The van der Waals surface area contributed by atoms with E-state index in [-0.39, 0.29) is 17.4 Å². The van der Waals surface area contributed by atoms with Gasteiger partial charge in [0.2, 0.25) is 0 Å². The highest BCUT2D eigenvalue weighted by Crippen LogP contribution is 2.20. The minimum Gasteiger partial charge on any atom is -0.318 e. The molecular weight excluding hydrogens is 354 g/mol. The van der Waals surface area contributed by atoms with Gasteiger partial charge in [-0.1, -0.05) is 0 Å². The second-order valence-electron chi connectivity index (χ2n) is 5.62. The zero-order chi connectivity index (χ0) is 19.0. The molecule has 0 fully saturated rings. The third-order valence-electron chi connectivity index (χ3n) is 3.77. The van der Waals surface area contributed by atoms with Crippen molar-refractivity contribution in [1.82, 2.24) is 19.6 Å². The molecule has 136 valence electrons. The lowest BCUT2D eigenvalue weighted by Gasteiger charge is -2.06. The summed E-state index contributed by atoms with van der Waals surface area (Å²) in [5.41, 5.74) is 0.553. The van der Waals surface area contributed by atoms with E-state index in [1.807, 2.05) is 0 Å². The molecule has 26 heavy (non-hydrogen) atoms. The SMILES string of the molecule is Cc1cc(C(=O)Nc2cnn(Cc3c(F)cc(F)c(F)c3F)c2)nn1C. The largest absolute Gasteiger partial charge is 0.318 e. The molecule has 1 N–H and O–H groups in total. The highest BCUT2D eigenvalue weighted by molar-refractivity contribution is 6.02. The van der Waals surface area contributed by atoms with E-state index in [0.717, 1.165) is 10.4 Å². The van der Waals surface area contributed by atoms with Crippen LogP contribution in [0.4, 0.5) is 23.2 Å². The molecule has 2 aromatic heterocycles. The fourth-order valence-corrected chi connectivity index (χ4v) is 2.29. The molecule has 1 amide bonds. The average molecular weight is 367 g/mol. The summed E-state index contributed by atoms with van der Waals surface area (Å²) >= 11 is 0. The summed E-state index contributed by atoms with van der Waals surface area (Å²) in [5.74, 6) is -6.70. The number of anilines is 1. The Morgan fingerprint density at radius 1 is 1.15 bits per heavy atom. The molecule has 0 radical (unpaired) electrons. The summed E-state index contributed by atoms with van der Waals surface area (Å²) in [6, 6.07) is 1.86. The number of hydrogen-bond donors (Lipinski definition) is 1. The Hall–Kier alpha value is -3.17. The van der Waals surface area contributed by atoms with Crippen molar-refractivity contribution >= 4 is 11.6 Å². The maximum Gasteiger partial charge on any atom is 0.276 e. The van der Waals surface area contributed by atoms with Gasteiger partial charge in [0.1, 0.15) is 5.82 Å². The number of nitrogens with zero attached hydrogens (tertiary/aromatic N) is 4. The second kappa shape index (κ2) is 6.62. The van der Waals surface area contributed by atoms with Crippen LogP contribution in [0.1, 0.15) is 21.7 Å². The maximum atomic E-state index is 13.7. The lowest BCUT2D eigenvalue weighted by molar-refractivity contribution is 0.102. The van der Waals surface area contributed by atoms with Gasteiger partial charge in [-0.25, -0.2) is 17.6 Å². The van der Waals surface area contributed by atoms with Gasteiger partial charge >= 0.3 is 0 Å². The van der Waals surface area contributed by atoms with Gasteiger partial charge < -0.3 is 5.32 Å². The normalized spacial score (nSPS) is 11.0. The fourth-order valence-electron chi connectivity index (χ4n) is 2.29. The number of carbonyl (C=O) groups is 1. The number of benzene rings is 1. The van der Waals surface area contributed by atoms with Crippen molar-refractivity contribution in [2.75, 3.05) is 5.32 Å². The van der Waals surface area contributed by atoms with E-state index in [1.165, 1.54) is 17.1 Å². The van der Waals surface area contributed by atoms with Crippen LogP contribution in [0.3, 0.4) is 0 Å². The van der Waals surface area contributed by atoms with Crippen molar-refractivity contribution in [2.24, 2.45) is 7.05 Å². The molecule has 0 saturated carbocycles. The van der Waals surface area contributed by atoms with E-state index in [9.17, 15) is 22.4 Å². The van der Waals surface area contributed by atoms with Crippen molar-refractivity contribution in [2.45, 2.75) is 13.5 Å². The lowest BCUT2D eigenvalue weighted by atomic mass is 10.2. The summed E-state index contributed by atoms with van der Waals surface area (Å²) in [6.45, 7) is 1.31. The van der Waals surface area contributed by atoms with Crippen LogP contribution in [0.5, 0.6) is 0 Å². The minimum atomic E-state index is -1.76. The standard InChI is InChI=1S/C16H13F4N5O/c1-8-3-13(23-24(8)2)16(26)22-9-5-21-25(6-9)7-10-11(17)4-12(18)15(20)14(10)19/h3-6H,7H2,1-2H3,(H,22,26). The number of carbonyl (C=O) groups excluding carboxylic acids is 1. The number of amides is 1. The van der Waals surface area contributed by atoms with Crippen molar-refractivity contribution in [3.8, 4) is 0 Å². The molecule has 10 heteroatoms. The average Bonchev–Trinajstić information content (AvgIpc) is 3.16. The van der Waals surface area contributed by atoms with Gasteiger partial charge in [-0.15, -0.1) is 0 Å². The Morgan fingerprint density at radius 3 is 2.54 bits per heavy atom. The van der Waals surface area contributed by atoms with E-state index in [2.05, 4.69) is 15.5 Å². The summed E-state index contributed by atoms with van der Waals surface area (Å²) < 4.78 is 56.2. The first kappa shape index (κ1) is 17.6. The monoisotopic (exact) mass is 367 g/mol. The van der Waals surface area contributed by atoms with Crippen LogP contribution < -0.4 is 5.32 Å². The van der Waals surface area contributed by atoms with Gasteiger partial charge in [-0.3, -0.25) is 14.2 Å². The smallest absolute Gasteiger partial charge is 0.276 e. The molecular formula is C16H13F4N5O. The summed E-state index contributed by atoms with van der Waals surface area (Å²) in [7, 11) is 1.69. The minimum absolute atomic E-state index is 0.190. The molecule has 0 aliphatic rings. The highest BCUT2D eigenvalue weighted by atomic mass is 19.2. The predicted molar refractivity (Wildman–Crippen MR) is 83.5 cm³/mol. The summed E-state index contributed by atoms with van der Waals surface area (Å²) in [6.07, 6.45) is 2.55. The van der Waals surface area contributed by atoms with Gasteiger partial charge in [-0.05, 0) is 13.0 Å². The molecule has 1 aromatic carbocycles. The van der Waals surface area contributed by atoms with E-state index in [0.29, 0.717) is 0 Å². The topological polar surface area (TPSA) is 64.7 Å². The van der Waals surface area contributed by atoms with Crippen LogP contribution in [-0.4, -0.2) is 25.5 Å². The van der Waals surface area contributed by atoms with Crippen molar-refractivity contribution in [1.29, 1.82) is 0 Å². The number of aryl methyl sites for hydroxylation is 2. The van der Waals surface area contributed by atoms with Crippen LogP contribution in [0.2, 0.25) is 0 Å². The molecule has 3 rings (SSSR count). The quantitative estimate of drug-likeness (QED) is 0.438. The van der Waals surface area contributed by atoms with Crippen LogP contribution in [0, 0.1) is 30.2 Å². The van der Waals surface area contributed by atoms with Crippen LogP contribution in [-0.2, 0) is 13.6 Å². The van der Waals surface area contributed by atoms with E-state index in [4.69, 9.17) is 0 Å². The molecule has 6 nitrogen and oxygen atoms in total. The Morgan fingerprint density at radius 2 is 1.88 bits per heavy atom. The van der Waals surface area contributed by atoms with Gasteiger partial charge in [0.25, 0.3) is 5.91 Å². The van der Waals surface area contributed by atoms with Crippen LogP contribution in [0.25, 0.3) is 0 Å². The number of hydrogen-bond acceptors (Lipinski definition) is 3. The van der Waals surface area contributed by atoms with Gasteiger partial charge in [0.05, 0.1) is 18.4 Å². The molecule has 0 unspecified atom stereocenters. The lowest BCUT2D eigenvalue weighted by Crippen LogP contribution is -2.12. The maximum absolute atomic E-state index is 13.7. The molecule has 0 aliphatic carbocycles. The Balaban J connectivity index is 1.77. The van der Waals surface area contributed by atoms with E-state index < -0.39 is 41.3 Å². The summed E-state index contributed by atoms with van der Waals surface area (Å²) in [4.78, 5) is 12.1. The molecule has 0 saturated heterocycles. The number of nitrogens with one attached hydrogen (secondary N) is 1. The van der Waals surface area contributed by atoms with Crippen molar-refractivity contribution in [3.05, 3.63) is 64.7 Å². The molecule has 2 heterocycles. The van der Waals surface area contributed by atoms with E-state index in [1.54, 1.807) is 20.0 Å². The Labute approximate surface area is 145 Å². The summed E-state index contributed by atoms with van der Waals surface area (Å²) in [5, 5.41) is 10.4. The molecule has 0 bridgehead atoms. The number of halogens is 4. The zero-order valence-electron chi connectivity index (χ0n) is 13.7. The van der Waals surface area contributed by atoms with Crippen LogP contribution in [0.15, 0.2) is 24.5 Å². The zero-order valence-corrected chi connectivity index (χ0v) is 13.7. The van der Waals surface area contributed by atoms with Crippen molar-refractivity contribution < 1.29 is 22.4 Å². The Bertz CT molecular complexity index is 975. The molecule has 0 atom stereocenters. The highest BCUT2D eigenvalue weighted by Gasteiger charge is 2.20. The third-order valence-corrected chi connectivity index (χ3v) is 3.77. The third kappa shape index (κ3) is 3.30. The van der Waals surface area contributed by atoms with Gasteiger partial charge in [0.15, 0.2) is 23.1 Å². The first-order valence-corrected chi connectivity index (χ1v) is 7.42. The second-order valence-corrected chi connectivity index (χ2v) is 5.62. The fraction of sp³-hybridized carbons (Fsp3) is 0.188. The first-order valence-electron chi connectivity index (χ1n) is 7.42. The number of aromatic nitrogens is 4. The van der Waals surface area contributed by atoms with Crippen molar-refractivity contribution in [3.63, 3.8) is 0 Å². The van der Waals surface area contributed by atoms with E-state index >= 15 is 0 Å². The Kier molecular flexibility index (Phi) is 4.49.